The molecule has 1 fully saturated rings. The van der Waals surface area contributed by atoms with Crippen LogP contribution in [0.4, 0.5) is 11.4 Å². The highest BCUT2D eigenvalue weighted by Gasteiger charge is 2.18. The molecule has 2 rings (SSSR count). The molecule has 0 radical (unpaired) electrons. The van der Waals surface area contributed by atoms with Gasteiger partial charge >= 0.3 is 5.97 Å². The van der Waals surface area contributed by atoms with E-state index in [0.717, 1.165) is 18.8 Å². The molecule has 0 amide bonds. The number of carbonyl (C=O) groups excluding carboxylic acids is 1. The van der Waals surface area contributed by atoms with Gasteiger partial charge in [-0.3, -0.25) is 0 Å². The lowest BCUT2D eigenvalue weighted by molar-refractivity contribution is 0.0602. The van der Waals surface area contributed by atoms with Crippen molar-refractivity contribution in [3.63, 3.8) is 0 Å². The van der Waals surface area contributed by atoms with Crippen LogP contribution in [0.3, 0.4) is 0 Å². The van der Waals surface area contributed by atoms with Crippen LogP contribution in [0.5, 0.6) is 0 Å². The number of benzene rings is 1. The molecule has 1 aromatic carbocycles. The number of ether oxygens (including phenoxy) is 1. The van der Waals surface area contributed by atoms with E-state index in [1.54, 1.807) is 6.07 Å². The summed E-state index contributed by atoms with van der Waals surface area (Å²) < 4.78 is 4.73. The van der Waals surface area contributed by atoms with Crippen molar-refractivity contribution in [1.82, 2.24) is 4.90 Å². The Balaban J connectivity index is 2.01. The van der Waals surface area contributed by atoms with Gasteiger partial charge in [-0.2, -0.15) is 0 Å². The van der Waals surface area contributed by atoms with E-state index in [4.69, 9.17) is 10.5 Å². The molecular weight excluding hydrogens is 254 g/mol. The minimum absolute atomic E-state index is 0.399. The van der Waals surface area contributed by atoms with Gasteiger partial charge in [0.2, 0.25) is 0 Å². The fraction of sp³-hybridized carbons (Fsp3) is 0.533. The number of esters is 1. The van der Waals surface area contributed by atoms with Crippen LogP contribution in [0, 0.1) is 5.92 Å². The number of nitrogens with one attached hydrogen (secondary N) is 1. The Morgan fingerprint density at radius 3 is 3.05 bits per heavy atom. The van der Waals surface area contributed by atoms with Crippen LogP contribution in [0.15, 0.2) is 18.2 Å². The summed E-state index contributed by atoms with van der Waals surface area (Å²) >= 11 is 0. The Kier molecular flexibility index (Phi) is 4.84. The summed E-state index contributed by atoms with van der Waals surface area (Å²) in [7, 11) is 3.51. The van der Waals surface area contributed by atoms with Crippen molar-refractivity contribution in [2.45, 2.75) is 12.8 Å². The molecule has 20 heavy (non-hydrogen) atoms. The number of nitrogen functional groups attached to an aromatic ring is 1. The van der Waals surface area contributed by atoms with Crippen LogP contribution in [0.1, 0.15) is 23.2 Å². The number of anilines is 2. The highest BCUT2D eigenvalue weighted by Crippen LogP contribution is 2.24. The Hall–Kier alpha value is -1.75. The number of carbonyl (C=O) groups is 1. The van der Waals surface area contributed by atoms with E-state index in [9.17, 15) is 4.79 Å². The molecule has 1 unspecified atom stereocenters. The van der Waals surface area contributed by atoms with Gasteiger partial charge in [-0.25, -0.2) is 4.79 Å². The van der Waals surface area contributed by atoms with Crippen molar-refractivity contribution in [2.24, 2.45) is 5.92 Å². The molecule has 110 valence electrons. The molecule has 1 aliphatic rings. The van der Waals surface area contributed by atoms with Gasteiger partial charge in [0.1, 0.15) is 0 Å². The van der Waals surface area contributed by atoms with Crippen LogP contribution in [0.2, 0.25) is 0 Å². The highest BCUT2D eigenvalue weighted by molar-refractivity contribution is 5.98. The van der Waals surface area contributed by atoms with Crippen LogP contribution in [0.25, 0.3) is 0 Å². The number of rotatable bonds is 4. The molecule has 3 N–H and O–H groups in total. The standard InChI is InChI=1S/C15H23N3O2/c1-18-8-4-5-11(10-18)9-17-13-7-3-6-12(14(13)16)15(19)20-2/h3,6-7,11,17H,4-5,8-10,16H2,1-2H3. The summed E-state index contributed by atoms with van der Waals surface area (Å²) in [5.41, 5.74) is 7.71. The number of para-hydroxylation sites is 1. The summed E-state index contributed by atoms with van der Waals surface area (Å²) in [5.74, 6) is 0.221. The largest absolute Gasteiger partial charge is 0.465 e. The van der Waals surface area contributed by atoms with Crippen LogP contribution < -0.4 is 11.1 Å². The number of hydrogen-bond donors (Lipinski definition) is 2. The van der Waals surface area contributed by atoms with Crippen molar-refractivity contribution in [3.05, 3.63) is 23.8 Å². The molecule has 1 aliphatic heterocycles. The summed E-state index contributed by atoms with van der Waals surface area (Å²) in [4.78, 5) is 14.0. The Labute approximate surface area is 120 Å². The maximum absolute atomic E-state index is 11.6. The maximum Gasteiger partial charge on any atom is 0.340 e. The third kappa shape index (κ3) is 3.42. The average molecular weight is 277 g/mol. The molecule has 5 heteroatoms. The number of nitrogens with two attached hydrogens (primary N) is 1. The second-order valence-electron chi connectivity index (χ2n) is 5.41. The average Bonchev–Trinajstić information content (AvgIpc) is 2.45. The van der Waals surface area contributed by atoms with Gasteiger partial charge < -0.3 is 20.7 Å². The summed E-state index contributed by atoms with van der Waals surface area (Å²) in [5, 5.41) is 3.36. The first kappa shape index (κ1) is 14.7. The molecule has 1 atom stereocenters. The molecule has 0 aliphatic carbocycles. The van der Waals surface area contributed by atoms with E-state index in [1.165, 1.54) is 26.5 Å². The summed E-state index contributed by atoms with van der Waals surface area (Å²) in [6.45, 7) is 3.15. The molecular formula is C15H23N3O2. The van der Waals surface area contributed by atoms with Gasteiger partial charge in [-0.15, -0.1) is 0 Å². The Bertz CT molecular complexity index is 476. The molecule has 1 heterocycles. The lowest BCUT2D eigenvalue weighted by Gasteiger charge is -2.30. The molecule has 0 bridgehead atoms. The third-order valence-electron chi connectivity index (χ3n) is 3.81. The van der Waals surface area contributed by atoms with E-state index < -0.39 is 5.97 Å². The lowest BCUT2D eigenvalue weighted by Crippen LogP contribution is -2.35. The van der Waals surface area contributed by atoms with Gasteiger partial charge in [-0.05, 0) is 44.5 Å². The highest BCUT2D eigenvalue weighted by atomic mass is 16.5. The lowest BCUT2D eigenvalue weighted by atomic mass is 9.98. The summed E-state index contributed by atoms with van der Waals surface area (Å²) in [6.07, 6.45) is 2.47. The second-order valence-corrected chi connectivity index (χ2v) is 5.41. The van der Waals surface area contributed by atoms with Gasteiger partial charge in [0, 0.05) is 13.1 Å². The van der Waals surface area contributed by atoms with Crippen molar-refractivity contribution in [1.29, 1.82) is 0 Å². The maximum atomic E-state index is 11.6. The predicted octanol–water partition coefficient (Wildman–Crippen LogP) is 1.81. The first-order chi connectivity index (χ1) is 9.61. The molecule has 1 aromatic rings. The zero-order valence-electron chi connectivity index (χ0n) is 12.2. The van der Waals surface area contributed by atoms with E-state index >= 15 is 0 Å². The topological polar surface area (TPSA) is 67.6 Å². The van der Waals surface area contributed by atoms with Crippen LogP contribution >= 0.6 is 0 Å². The SMILES string of the molecule is COC(=O)c1cccc(NCC2CCCN(C)C2)c1N. The fourth-order valence-corrected chi connectivity index (χ4v) is 2.70. The molecule has 1 saturated heterocycles. The number of likely N-dealkylation sites (tertiary alicyclic amines) is 1. The smallest absolute Gasteiger partial charge is 0.340 e. The molecule has 0 saturated carbocycles. The summed E-state index contributed by atoms with van der Waals surface area (Å²) in [6, 6.07) is 5.40. The number of nitrogens with zero attached hydrogens (tertiary/aromatic N) is 1. The van der Waals surface area contributed by atoms with Crippen LogP contribution in [-0.4, -0.2) is 44.7 Å². The number of piperidine rings is 1. The monoisotopic (exact) mass is 277 g/mol. The molecule has 5 nitrogen and oxygen atoms in total. The zero-order valence-corrected chi connectivity index (χ0v) is 12.2. The van der Waals surface area contributed by atoms with Crippen molar-refractivity contribution < 1.29 is 9.53 Å². The minimum Gasteiger partial charge on any atom is -0.465 e. The first-order valence-electron chi connectivity index (χ1n) is 7.01. The van der Waals surface area contributed by atoms with Crippen LogP contribution in [-0.2, 0) is 4.74 Å². The van der Waals surface area contributed by atoms with E-state index in [1.807, 2.05) is 12.1 Å². The minimum atomic E-state index is -0.399. The fourth-order valence-electron chi connectivity index (χ4n) is 2.70. The van der Waals surface area contributed by atoms with Gasteiger partial charge in [0.25, 0.3) is 0 Å². The van der Waals surface area contributed by atoms with Crippen molar-refractivity contribution in [3.8, 4) is 0 Å². The normalized spacial score (nSPS) is 19.6. The predicted molar refractivity (Wildman–Crippen MR) is 80.9 cm³/mol. The van der Waals surface area contributed by atoms with Gasteiger partial charge in [0.05, 0.1) is 24.0 Å². The Morgan fingerprint density at radius 1 is 1.55 bits per heavy atom. The van der Waals surface area contributed by atoms with Gasteiger partial charge in [-0.1, -0.05) is 6.07 Å². The second kappa shape index (κ2) is 6.61. The van der Waals surface area contributed by atoms with E-state index in [0.29, 0.717) is 17.2 Å². The van der Waals surface area contributed by atoms with Crippen molar-refractivity contribution in [2.75, 3.05) is 44.8 Å². The quantitative estimate of drug-likeness (QED) is 0.649. The zero-order chi connectivity index (χ0) is 14.5. The third-order valence-corrected chi connectivity index (χ3v) is 3.81. The molecule has 0 spiro atoms. The number of hydrogen-bond acceptors (Lipinski definition) is 5. The Morgan fingerprint density at radius 2 is 2.35 bits per heavy atom. The number of methoxy groups -OCH3 is 1. The van der Waals surface area contributed by atoms with E-state index in [2.05, 4.69) is 17.3 Å². The van der Waals surface area contributed by atoms with Gasteiger partial charge in [0.15, 0.2) is 0 Å². The van der Waals surface area contributed by atoms with E-state index in [-0.39, 0.29) is 0 Å². The molecule has 0 aromatic heterocycles. The van der Waals surface area contributed by atoms with Crippen molar-refractivity contribution >= 4 is 17.3 Å². The first-order valence-corrected chi connectivity index (χ1v) is 7.01.